The Morgan fingerprint density at radius 2 is 1.97 bits per heavy atom. The fraction of sp³-hybridized carbons (Fsp3) is 0.304. The number of carbonyl (C=O) groups excluding carboxylic acids is 1. The number of nitrogens with two attached hydrogens (primary N) is 1. The lowest BCUT2D eigenvalue weighted by Crippen LogP contribution is -2.20. The summed E-state index contributed by atoms with van der Waals surface area (Å²) in [6.45, 7) is 3.26. The molecule has 31 heavy (non-hydrogen) atoms. The van der Waals surface area contributed by atoms with E-state index >= 15 is 0 Å². The molecule has 0 spiro atoms. The zero-order valence-corrected chi connectivity index (χ0v) is 18.3. The van der Waals surface area contributed by atoms with Crippen LogP contribution in [0.1, 0.15) is 12.0 Å². The van der Waals surface area contributed by atoms with E-state index in [-0.39, 0.29) is 5.69 Å². The van der Waals surface area contributed by atoms with Crippen molar-refractivity contribution in [2.75, 3.05) is 32.6 Å². The smallest absolute Gasteiger partial charge is 0.316 e. The highest BCUT2D eigenvalue weighted by Gasteiger charge is 2.19. The zero-order valence-electron chi connectivity index (χ0n) is 18.3. The second-order valence-corrected chi connectivity index (χ2v) is 7.66. The first-order chi connectivity index (χ1) is 14.8. The predicted molar refractivity (Wildman–Crippen MR) is 121 cm³/mol. The molecule has 3 aromatic rings. The Hall–Kier alpha value is -3.39. The summed E-state index contributed by atoms with van der Waals surface area (Å²) in [6.07, 6.45) is 2.58. The van der Waals surface area contributed by atoms with E-state index in [1.54, 1.807) is 16.9 Å². The highest BCUT2D eigenvalue weighted by atomic mass is 19.1. The van der Waals surface area contributed by atoms with Crippen LogP contribution in [0.15, 0.2) is 42.6 Å². The summed E-state index contributed by atoms with van der Waals surface area (Å²) in [6, 6.07) is 9.86. The van der Waals surface area contributed by atoms with Gasteiger partial charge >= 0.3 is 6.03 Å². The van der Waals surface area contributed by atoms with Crippen LogP contribution in [0.3, 0.4) is 0 Å². The fourth-order valence-electron chi connectivity index (χ4n) is 3.50. The van der Waals surface area contributed by atoms with E-state index in [4.69, 9.17) is 10.5 Å². The van der Waals surface area contributed by atoms with Gasteiger partial charge in [0.2, 0.25) is 0 Å². The predicted octanol–water partition coefficient (Wildman–Crippen LogP) is 4.02. The maximum absolute atomic E-state index is 14.7. The van der Waals surface area contributed by atoms with Crippen LogP contribution >= 0.6 is 0 Å². The minimum atomic E-state index is -0.811. The number of primary amides is 1. The first-order valence-corrected chi connectivity index (χ1v) is 10.0. The van der Waals surface area contributed by atoms with E-state index in [0.29, 0.717) is 17.9 Å². The van der Waals surface area contributed by atoms with Crippen molar-refractivity contribution < 1.29 is 13.9 Å². The Kier molecular flexibility index (Phi) is 6.91. The van der Waals surface area contributed by atoms with E-state index < -0.39 is 11.8 Å². The lowest BCUT2D eigenvalue weighted by molar-refractivity contribution is 0.259. The van der Waals surface area contributed by atoms with Gasteiger partial charge in [-0.1, -0.05) is 12.1 Å². The maximum Gasteiger partial charge on any atom is 0.316 e. The van der Waals surface area contributed by atoms with Gasteiger partial charge in [0.15, 0.2) is 0 Å². The van der Waals surface area contributed by atoms with Gasteiger partial charge in [0, 0.05) is 30.9 Å². The highest BCUT2D eigenvalue weighted by Crippen LogP contribution is 2.41. The molecule has 2 aromatic carbocycles. The van der Waals surface area contributed by atoms with Crippen LogP contribution in [0.4, 0.5) is 14.9 Å². The zero-order chi connectivity index (χ0) is 22.5. The number of aryl methyl sites for hydroxylation is 2. The number of halogens is 1. The molecule has 0 aliphatic rings. The van der Waals surface area contributed by atoms with Crippen molar-refractivity contribution in [1.29, 1.82) is 0 Å². The first-order valence-electron chi connectivity index (χ1n) is 10.0. The molecule has 0 radical (unpaired) electrons. The molecule has 0 saturated heterocycles. The van der Waals surface area contributed by atoms with Crippen molar-refractivity contribution in [1.82, 2.24) is 14.7 Å². The number of carbonyl (C=O) groups is 1. The van der Waals surface area contributed by atoms with Crippen LogP contribution in [0.25, 0.3) is 22.4 Å². The summed E-state index contributed by atoms with van der Waals surface area (Å²) in [4.78, 5) is 13.3. The Morgan fingerprint density at radius 3 is 2.61 bits per heavy atom. The van der Waals surface area contributed by atoms with Crippen molar-refractivity contribution in [3.05, 3.63) is 54.0 Å². The van der Waals surface area contributed by atoms with E-state index in [1.807, 2.05) is 52.3 Å². The van der Waals surface area contributed by atoms with Gasteiger partial charge in [0.05, 0.1) is 18.0 Å². The number of ether oxygens (including phenoxy) is 1. The Bertz CT molecular complexity index is 1080. The third-order valence-corrected chi connectivity index (χ3v) is 4.97. The van der Waals surface area contributed by atoms with Crippen molar-refractivity contribution in [3.63, 3.8) is 0 Å². The molecule has 0 aliphatic heterocycles. The monoisotopic (exact) mass is 425 g/mol. The number of rotatable bonds is 8. The normalized spacial score (nSPS) is 11.0. The van der Waals surface area contributed by atoms with Crippen LogP contribution in [0, 0.1) is 12.7 Å². The standard InChI is InChI=1S/C23H28FN5O2/c1-15-13-20(27-23(25)30)19(24)14-18(15)16-7-5-8-17(21-9-10-26-29(21)4)22(16)31-12-6-11-28(2)3/h5,7-10,13-14H,6,11-12H2,1-4H3,(H3,25,27,30). The van der Waals surface area contributed by atoms with Crippen molar-refractivity contribution in [2.45, 2.75) is 13.3 Å². The fourth-order valence-corrected chi connectivity index (χ4v) is 3.50. The number of para-hydroxylation sites is 1. The maximum atomic E-state index is 14.7. The second kappa shape index (κ2) is 9.61. The summed E-state index contributed by atoms with van der Waals surface area (Å²) < 4.78 is 22.7. The topological polar surface area (TPSA) is 85.4 Å². The average molecular weight is 426 g/mol. The summed E-state index contributed by atoms with van der Waals surface area (Å²) in [5.41, 5.74) is 9.20. The van der Waals surface area contributed by atoms with Crippen molar-refractivity contribution >= 4 is 11.7 Å². The molecule has 164 valence electrons. The number of anilines is 1. The Morgan fingerprint density at radius 1 is 1.23 bits per heavy atom. The summed E-state index contributed by atoms with van der Waals surface area (Å²) >= 11 is 0. The number of amides is 2. The molecule has 1 aromatic heterocycles. The molecule has 2 amide bonds. The number of nitrogens with one attached hydrogen (secondary N) is 1. The molecule has 7 nitrogen and oxygen atoms in total. The van der Waals surface area contributed by atoms with E-state index in [2.05, 4.69) is 15.3 Å². The van der Waals surface area contributed by atoms with Gasteiger partial charge < -0.3 is 20.7 Å². The Labute approximate surface area is 181 Å². The molecule has 0 saturated carbocycles. The molecule has 3 N–H and O–H groups in total. The molecule has 0 aliphatic carbocycles. The molecule has 0 atom stereocenters. The number of hydrogen-bond acceptors (Lipinski definition) is 4. The van der Waals surface area contributed by atoms with Crippen LogP contribution in [-0.4, -0.2) is 48.0 Å². The number of nitrogens with zero attached hydrogens (tertiary/aromatic N) is 3. The summed E-state index contributed by atoms with van der Waals surface area (Å²) in [5, 5.41) is 6.59. The molecule has 0 bridgehead atoms. The molecular weight excluding hydrogens is 397 g/mol. The van der Waals surface area contributed by atoms with Gasteiger partial charge in [-0.2, -0.15) is 5.10 Å². The third-order valence-electron chi connectivity index (χ3n) is 4.97. The van der Waals surface area contributed by atoms with Crippen LogP contribution < -0.4 is 15.8 Å². The van der Waals surface area contributed by atoms with Crippen molar-refractivity contribution in [2.24, 2.45) is 12.8 Å². The summed E-state index contributed by atoms with van der Waals surface area (Å²) in [5.74, 6) is 0.104. The van der Waals surface area contributed by atoms with Crippen molar-refractivity contribution in [3.8, 4) is 28.1 Å². The van der Waals surface area contributed by atoms with Gasteiger partial charge in [0.25, 0.3) is 0 Å². The molecule has 3 rings (SSSR count). The third kappa shape index (κ3) is 5.21. The van der Waals surface area contributed by atoms with Gasteiger partial charge in [-0.3, -0.25) is 4.68 Å². The quantitative estimate of drug-likeness (QED) is 0.534. The first kappa shape index (κ1) is 22.3. The van der Waals surface area contributed by atoms with Gasteiger partial charge in [-0.25, -0.2) is 9.18 Å². The average Bonchev–Trinajstić information content (AvgIpc) is 3.13. The van der Waals surface area contributed by atoms with Gasteiger partial charge in [-0.05, 0) is 62.8 Å². The molecule has 1 heterocycles. The lowest BCUT2D eigenvalue weighted by Gasteiger charge is -2.19. The highest BCUT2D eigenvalue weighted by molar-refractivity contribution is 5.89. The minimum Gasteiger partial charge on any atom is -0.492 e. The molecule has 8 heteroatoms. The second-order valence-electron chi connectivity index (χ2n) is 7.66. The number of hydrogen-bond donors (Lipinski definition) is 2. The van der Waals surface area contributed by atoms with Gasteiger partial charge in [-0.15, -0.1) is 0 Å². The Balaban J connectivity index is 2.08. The van der Waals surface area contributed by atoms with Crippen LogP contribution in [0.5, 0.6) is 5.75 Å². The number of urea groups is 1. The van der Waals surface area contributed by atoms with Gasteiger partial charge in [0.1, 0.15) is 11.6 Å². The van der Waals surface area contributed by atoms with E-state index in [0.717, 1.165) is 35.3 Å². The largest absolute Gasteiger partial charge is 0.492 e. The minimum absolute atomic E-state index is 0.0463. The van der Waals surface area contributed by atoms with Crippen LogP contribution in [-0.2, 0) is 7.05 Å². The molecule has 0 fully saturated rings. The molecular formula is C23H28FN5O2. The SMILES string of the molecule is Cc1cc(NC(N)=O)c(F)cc1-c1cccc(-c2ccnn2C)c1OCCCN(C)C. The molecule has 0 unspecified atom stereocenters. The van der Waals surface area contributed by atoms with E-state index in [9.17, 15) is 9.18 Å². The lowest BCUT2D eigenvalue weighted by atomic mass is 9.95. The van der Waals surface area contributed by atoms with Crippen LogP contribution in [0.2, 0.25) is 0 Å². The summed E-state index contributed by atoms with van der Waals surface area (Å²) in [7, 11) is 5.90. The van der Waals surface area contributed by atoms with E-state index in [1.165, 1.54) is 6.07 Å². The number of aromatic nitrogens is 2. The number of benzene rings is 2.